The van der Waals surface area contributed by atoms with Crippen molar-refractivity contribution in [3.05, 3.63) is 72.9 Å². The summed E-state index contributed by atoms with van der Waals surface area (Å²) in [5.74, 6) is -0.231. The van der Waals surface area contributed by atoms with Crippen molar-refractivity contribution in [1.29, 1.82) is 0 Å². The van der Waals surface area contributed by atoms with Crippen LogP contribution >= 0.6 is 12.4 Å². The molecule has 0 spiro atoms. The summed E-state index contributed by atoms with van der Waals surface area (Å²) in [6, 6.07) is 15.9. The molecule has 0 radical (unpaired) electrons. The number of pyridine rings is 1. The number of hydrogen-bond donors (Lipinski definition) is 1. The highest BCUT2D eigenvalue weighted by Gasteiger charge is 2.12. The van der Waals surface area contributed by atoms with E-state index >= 15 is 0 Å². The predicted octanol–water partition coefficient (Wildman–Crippen LogP) is 4.76. The van der Waals surface area contributed by atoms with E-state index in [9.17, 15) is 4.79 Å². The molecule has 1 N–H and O–H groups in total. The minimum Gasteiger partial charge on any atom is -0.321 e. The Hall–Kier alpha value is -2.65. The van der Waals surface area contributed by atoms with Gasteiger partial charge < -0.3 is 5.32 Å². The van der Waals surface area contributed by atoms with E-state index in [0.717, 1.165) is 33.3 Å². The molecule has 116 valence electrons. The van der Waals surface area contributed by atoms with E-state index < -0.39 is 0 Å². The van der Waals surface area contributed by atoms with Gasteiger partial charge >= 0.3 is 0 Å². The van der Waals surface area contributed by atoms with Gasteiger partial charge in [0.1, 0.15) is 0 Å². The summed E-state index contributed by atoms with van der Waals surface area (Å²) in [7, 11) is 0. The van der Waals surface area contributed by atoms with Crippen LogP contribution in [0, 0.1) is 6.92 Å². The quantitative estimate of drug-likeness (QED) is 0.706. The topological polar surface area (TPSA) is 42.0 Å². The van der Waals surface area contributed by atoms with Gasteiger partial charge in [-0.15, -0.1) is 12.4 Å². The van der Waals surface area contributed by atoms with Crippen LogP contribution in [0.25, 0.3) is 22.0 Å². The van der Waals surface area contributed by atoms with Crippen LogP contribution in [0.5, 0.6) is 0 Å². The number of para-hydroxylation sites is 1. The van der Waals surface area contributed by atoms with Crippen LogP contribution in [0.1, 0.15) is 5.56 Å². The minimum atomic E-state index is -0.231. The summed E-state index contributed by atoms with van der Waals surface area (Å²) in [6.45, 7) is 5.57. The number of amides is 1. The highest BCUT2D eigenvalue weighted by molar-refractivity contribution is 6.09. The average Bonchev–Trinajstić information content (AvgIpc) is 2.55. The van der Waals surface area contributed by atoms with Crippen molar-refractivity contribution in [3.8, 4) is 11.1 Å². The van der Waals surface area contributed by atoms with E-state index in [2.05, 4.69) is 22.9 Å². The van der Waals surface area contributed by atoms with Gasteiger partial charge in [-0.25, -0.2) is 0 Å². The predicted molar refractivity (Wildman–Crippen MR) is 98.0 cm³/mol. The number of nitrogens with zero attached hydrogens (tertiary/aromatic N) is 1. The summed E-state index contributed by atoms with van der Waals surface area (Å²) in [5.41, 5.74) is 4.70. The van der Waals surface area contributed by atoms with Gasteiger partial charge in [0.25, 0.3) is 0 Å². The second kappa shape index (κ2) is 7.07. The maximum atomic E-state index is 11.8. The van der Waals surface area contributed by atoms with E-state index in [4.69, 9.17) is 0 Å². The zero-order chi connectivity index (χ0) is 15.5. The molecule has 1 amide bonds. The molecule has 0 saturated heterocycles. The first-order valence-electron chi connectivity index (χ1n) is 7.07. The van der Waals surface area contributed by atoms with Crippen LogP contribution < -0.4 is 5.32 Å². The zero-order valence-electron chi connectivity index (χ0n) is 12.7. The lowest BCUT2D eigenvalue weighted by Crippen LogP contribution is -2.09. The molecule has 23 heavy (non-hydrogen) atoms. The molecule has 0 saturated carbocycles. The van der Waals surface area contributed by atoms with Crippen LogP contribution in [0.15, 0.2) is 67.4 Å². The van der Waals surface area contributed by atoms with Gasteiger partial charge in [0.05, 0.1) is 11.2 Å². The molecular weight excluding hydrogens is 308 g/mol. The number of halogens is 1. The fraction of sp³-hybridized carbons (Fsp3) is 0.0526. The molecule has 3 aromatic rings. The Labute approximate surface area is 141 Å². The number of nitrogens with one attached hydrogen (secondary N) is 1. The van der Waals surface area contributed by atoms with Gasteiger partial charge in [-0.05, 0) is 24.6 Å². The molecule has 0 aliphatic carbocycles. The van der Waals surface area contributed by atoms with Gasteiger partial charge in [0.2, 0.25) is 5.91 Å². The molecule has 3 rings (SSSR count). The van der Waals surface area contributed by atoms with Gasteiger partial charge in [-0.2, -0.15) is 0 Å². The first kappa shape index (κ1) is 16.7. The average molecular weight is 325 g/mol. The largest absolute Gasteiger partial charge is 0.321 e. The molecular formula is C19H17ClN2O. The standard InChI is InChI=1S/C19H16N2O.ClH/c1-3-18(22)21-19-15-9-4-5-10-17(15)20-12-16(19)14-8-6-7-13(2)11-14;/h3-12H,1H2,2H3,(H,20,21,22);1H. The van der Waals surface area contributed by atoms with Crippen molar-refractivity contribution in [3.63, 3.8) is 0 Å². The summed E-state index contributed by atoms with van der Waals surface area (Å²) < 4.78 is 0. The molecule has 0 unspecified atom stereocenters. The summed E-state index contributed by atoms with van der Waals surface area (Å²) in [5, 5.41) is 3.84. The number of carbonyl (C=O) groups is 1. The molecule has 2 aromatic carbocycles. The molecule has 1 heterocycles. The Bertz CT molecular complexity index is 874. The second-order valence-electron chi connectivity index (χ2n) is 5.13. The van der Waals surface area contributed by atoms with Crippen LogP contribution in [0.2, 0.25) is 0 Å². The Morgan fingerprint density at radius 1 is 1.17 bits per heavy atom. The zero-order valence-corrected chi connectivity index (χ0v) is 13.6. The van der Waals surface area contributed by atoms with Crippen LogP contribution in [-0.2, 0) is 4.79 Å². The van der Waals surface area contributed by atoms with Crippen LogP contribution in [0.4, 0.5) is 5.69 Å². The summed E-state index contributed by atoms with van der Waals surface area (Å²) in [6.07, 6.45) is 3.07. The molecule has 0 aliphatic heterocycles. The molecule has 0 atom stereocenters. The molecule has 3 nitrogen and oxygen atoms in total. The number of aromatic nitrogens is 1. The fourth-order valence-corrected chi connectivity index (χ4v) is 2.48. The van der Waals surface area contributed by atoms with Crippen molar-refractivity contribution in [2.75, 3.05) is 5.32 Å². The molecule has 0 bridgehead atoms. The van der Waals surface area contributed by atoms with E-state index in [1.807, 2.05) is 49.4 Å². The maximum absolute atomic E-state index is 11.8. The van der Waals surface area contributed by atoms with Crippen molar-refractivity contribution >= 4 is 34.9 Å². The monoisotopic (exact) mass is 324 g/mol. The third-order valence-corrected chi connectivity index (χ3v) is 3.54. The number of rotatable bonds is 3. The lowest BCUT2D eigenvalue weighted by atomic mass is 10.0. The Kier molecular flexibility index (Phi) is 5.14. The number of fused-ring (bicyclic) bond motifs is 1. The Morgan fingerprint density at radius 3 is 2.70 bits per heavy atom. The highest BCUT2D eigenvalue weighted by atomic mass is 35.5. The maximum Gasteiger partial charge on any atom is 0.247 e. The molecule has 4 heteroatoms. The fourth-order valence-electron chi connectivity index (χ4n) is 2.48. The normalized spacial score (nSPS) is 9.96. The van der Waals surface area contributed by atoms with Crippen LogP contribution in [0.3, 0.4) is 0 Å². The lowest BCUT2D eigenvalue weighted by Gasteiger charge is -2.13. The first-order chi connectivity index (χ1) is 10.7. The first-order valence-corrected chi connectivity index (χ1v) is 7.07. The highest BCUT2D eigenvalue weighted by Crippen LogP contribution is 2.33. The van der Waals surface area contributed by atoms with E-state index in [1.165, 1.54) is 6.08 Å². The second-order valence-corrected chi connectivity index (χ2v) is 5.13. The van der Waals surface area contributed by atoms with Crippen molar-refractivity contribution < 1.29 is 4.79 Å². The van der Waals surface area contributed by atoms with Crippen LogP contribution in [-0.4, -0.2) is 10.9 Å². The number of anilines is 1. The number of benzene rings is 2. The molecule has 0 fully saturated rings. The summed E-state index contributed by atoms with van der Waals surface area (Å²) >= 11 is 0. The van der Waals surface area contributed by atoms with Gasteiger partial charge in [-0.3, -0.25) is 9.78 Å². The van der Waals surface area contributed by atoms with E-state index in [1.54, 1.807) is 6.20 Å². The van der Waals surface area contributed by atoms with Gasteiger partial charge in [0.15, 0.2) is 0 Å². The third-order valence-electron chi connectivity index (χ3n) is 3.54. The SMILES string of the molecule is C=CC(=O)Nc1c(-c2cccc(C)c2)cnc2ccccc12.Cl. The van der Waals surface area contributed by atoms with Crippen molar-refractivity contribution in [2.45, 2.75) is 6.92 Å². The summed E-state index contributed by atoms with van der Waals surface area (Å²) in [4.78, 5) is 16.3. The Balaban J connectivity index is 0.00000192. The number of hydrogen-bond acceptors (Lipinski definition) is 2. The smallest absolute Gasteiger partial charge is 0.247 e. The number of aryl methyl sites for hydroxylation is 1. The van der Waals surface area contributed by atoms with E-state index in [0.29, 0.717) is 0 Å². The number of carbonyl (C=O) groups excluding carboxylic acids is 1. The van der Waals surface area contributed by atoms with Crippen molar-refractivity contribution in [1.82, 2.24) is 4.98 Å². The molecule has 1 aromatic heterocycles. The third kappa shape index (κ3) is 3.41. The molecule has 0 aliphatic rings. The van der Waals surface area contributed by atoms with Gasteiger partial charge in [-0.1, -0.05) is 54.6 Å². The Morgan fingerprint density at radius 2 is 1.96 bits per heavy atom. The lowest BCUT2D eigenvalue weighted by molar-refractivity contribution is -0.111. The van der Waals surface area contributed by atoms with Crippen molar-refractivity contribution in [2.24, 2.45) is 0 Å². The minimum absolute atomic E-state index is 0. The van der Waals surface area contributed by atoms with Gasteiger partial charge in [0, 0.05) is 17.1 Å². The van der Waals surface area contributed by atoms with E-state index in [-0.39, 0.29) is 18.3 Å².